The van der Waals surface area contributed by atoms with Gasteiger partial charge in [0.1, 0.15) is 0 Å². The summed E-state index contributed by atoms with van der Waals surface area (Å²) in [7, 11) is 0. The Morgan fingerprint density at radius 1 is 1.19 bits per heavy atom. The van der Waals surface area contributed by atoms with Crippen molar-refractivity contribution in [3.05, 3.63) is 69.7 Å². The van der Waals surface area contributed by atoms with E-state index < -0.39 is 0 Å². The van der Waals surface area contributed by atoms with E-state index >= 15 is 0 Å². The zero-order valence-electron chi connectivity index (χ0n) is 15.8. The normalized spacial score (nSPS) is 16.9. The summed E-state index contributed by atoms with van der Waals surface area (Å²) in [5.41, 5.74) is 3.97. The molecule has 1 aliphatic heterocycles. The lowest BCUT2D eigenvalue weighted by molar-refractivity contribution is -0.126. The highest BCUT2D eigenvalue weighted by Gasteiger charge is 2.29. The third kappa shape index (κ3) is 4.69. The number of hydrogen-bond donors (Lipinski definition) is 1. The number of carbonyl (C=O) groups excluding carboxylic acids is 2. The molecule has 0 saturated carbocycles. The molecule has 2 aromatic rings. The SMILES string of the molecule is Cc1ccc(C)c(CNC(=O)[C@@H]2CCCN(C(=O)c3ccccc3Cl)C2)c1. The third-order valence-electron chi connectivity index (χ3n) is 5.14. The number of nitrogens with one attached hydrogen (secondary N) is 1. The zero-order valence-corrected chi connectivity index (χ0v) is 16.6. The summed E-state index contributed by atoms with van der Waals surface area (Å²) in [4.78, 5) is 27.2. The predicted molar refractivity (Wildman–Crippen MR) is 108 cm³/mol. The molecule has 4 nitrogen and oxygen atoms in total. The molecule has 27 heavy (non-hydrogen) atoms. The molecule has 2 aromatic carbocycles. The molecule has 3 rings (SSSR count). The van der Waals surface area contributed by atoms with Crippen molar-refractivity contribution in [2.75, 3.05) is 13.1 Å². The fourth-order valence-corrected chi connectivity index (χ4v) is 3.71. The standard InChI is InChI=1S/C22H25ClN2O2/c1-15-9-10-16(2)18(12-15)13-24-21(26)17-6-5-11-25(14-17)22(27)19-7-3-4-8-20(19)23/h3-4,7-10,12,17H,5-6,11,13-14H2,1-2H3,(H,24,26)/t17-/m1/s1. The van der Waals surface area contributed by atoms with Crippen LogP contribution in [0.25, 0.3) is 0 Å². The number of rotatable bonds is 4. The van der Waals surface area contributed by atoms with Crippen LogP contribution in [0.15, 0.2) is 42.5 Å². The number of likely N-dealkylation sites (tertiary alicyclic amines) is 1. The van der Waals surface area contributed by atoms with E-state index in [0.29, 0.717) is 30.2 Å². The van der Waals surface area contributed by atoms with E-state index in [1.54, 1.807) is 29.2 Å². The number of benzene rings is 2. The van der Waals surface area contributed by atoms with E-state index in [-0.39, 0.29) is 17.7 Å². The van der Waals surface area contributed by atoms with E-state index in [1.807, 2.05) is 13.8 Å². The predicted octanol–water partition coefficient (Wildman–Crippen LogP) is 4.13. The van der Waals surface area contributed by atoms with E-state index in [9.17, 15) is 9.59 Å². The number of hydrogen-bond acceptors (Lipinski definition) is 2. The molecule has 1 atom stereocenters. The number of nitrogens with zero attached hydrogens (tertiary/aromatic N) is 1. The maximum atomic E-state index is 12.8. The first-order valence-corrected chi connectivity index (χ1v) is 9.71. The van der Waals surface area contributed by atoms with Crippen molar-refractivity contribution in [1.82, 2.24) is 10.2 Å². The van der Waals surface area contributed by atoms with E-state index in [4.69, 9.17) is 11.6 Å². The van der Waals surface area contributed by atoms with Gasteiger partial charge in [0.15, 0.2) is 0 Å². The van der Waals surface area contributed by atoms with Gasteiger partial charge >= 0.3 is 0 Å². The van der Waals surface area contributed by atoms with E-state index in [2.05, 4.69) is 23.5 Å². The van der Waals surface area contributed by atoms with Crippen molar-refractivity contribution in [2.45, 2.75) is 33.2 Å². The monoisotopic (exact) mass is 384 g/mol. The molecule has 0 bridgehead atoms. The highest BCUT2D eigenvalue weighted by molar-refractivity contribution is 6.33. The number of piperidine rings is 1. The first-order valence-electron chi connectivity index (χ1n) is 9.33. The summed E-state index contributed by atoms with van der Waals surface area (Å²) < 4.78 is 0. The first kappa shape index (κ1) is 19.4. The second-order valence-electron chi connectivity index (χ2n) is 7.22. The molecule has 0 spiro atoms. The number of carbonyl (C=O) groups is 2. The van der Waals surface area contributed by atoms with Gasteiger partial charge in [-0.15, -0.1) is 0 Å². The Balaban J connectivity index is 1.62. The van der Waals surface area contributed by atoms with Gasteiger partial charge in [0.05, 0.1) is 16.5 Å². The van der Waals surface area contributed by atoms with Crippen LogP contribution in [0.5, 0.6) is 0 Å². The lowest BCUT2D eigenvalue weighted by atomic mass is 9.96. The Labute approximate surface area is 165 Å². The van der Waals surface area contributed by atoms with Crippen LogP contribution in [0.3, 0.4) is 0 Å². The second kappa shape index (κ2) is 8.57. The van der Waals surface area contributed by atoms with Crippen LogP contribution in [0.1, 0.15) is 39.9 Å². The molecule has 1 heterocycles. The van der Waals surface area contributed by atoms with Gasteiger partial charge in [-0.3, -0.25) is 9.59 Å². The van der Waals surface area contributed by atoms with Crippen molar-refractivity contribution in [3.8, 4) is 0 Å². The van der Waals surface area contributed by atoms with Crippen LogP contribution in [0, 0.1) is 19.8 Å². The molecule has 0 aromatic heterocycles. The summed E-state index contributed by atoms with van der Waals surface area (Å²) in [6.07, 6.45) is 1.61. The Bertz CT molecular complexity index is 850. The van der Waals surface area contributed by atoms with Crippen LogP contribution >= 0.6 is 11.6 Å². The largest absolute Gasteiger partial charge is 0.352 e. The average molecular weight is 385 g/mol. The van der Waals surface area contributed by atoms with E-state index in [1.165, 1.54) is 11.1 Å². The molecule has 0 unspecified atom stereocenters. The van der Waals surface area contributed by atoms with Crippen LogP contribution in [-0.2, 0) is 11.3 Å². The molecule has 1 fully saturated rings. The van der Waals surface area contributed by atoms with Gasteiger partial charge in [-0.2, -0.15) is 0 Å². The highest BCUT2D eigenvalue weighted by Crippen LogP contribution is 2.22. The average Bonchev–Trinajstić information content (AvgIpc) is 2.68. The summed E-state index contributed by atoms with van der Waals surface area (Å²) in [5, 5.41) is 3.49. The van der Waals surface area contributed by atoms with Crippen molar-refractivity contribution in [2.24, 2.45) is 5.92 Å². The van der Waals surface area contributed by atoms with Gasteiger partial charge in [0.25, 0.3) is 5.91 Å². The van der Waals surface area contributed by atoms with Crippen LogP contribution in [0.4, 0.5) is 0 Å². The van der Waals surface area contributed by atoms with Gasteiger partial charge in [-0.05, 0) is 49.9 Å². The number of amides is 2. The topological polar surface area (TPSA) is 49.4 Å². The molecule has 1 aliphatic rings. The van der Waals surface area contributed by atoms with Crippen LogP contribution in [-0.4, -0.2) is 29.8 Å². The highest BCUT2D eigenvalue weighted by atomic mass is 35.5. The zero-order chi connectivity index (χ0) is 19.4. The number of aryl methyl sites for hydroxylation is 2. The summed E-state index contributed by atoms with van der Waals surface area (Å²) in [5.74, 6) is -0.282. The maximum Gasteiger partial charge on any atom is 0.255 e. The molecule has 5 heteroatoms. The lowest BCUT2D eigenvalue weighted by Crippen LogP contribution is -2.45. The molecule has 2 amide bonds. The minimum atomic E-state index is -0.185. The molecular weight excluding hydrogens is 360 g/mol. The fraction of sp³-hybridized carbons (Fsp3) is 0.364. The molecule has 1 saturated heterocycles. The first-order chi connectivity index (χ1) is 13.0. The molecular formula is C22H25ClN2O2. The summed E-state index contributed by atoms with van der Waals surface area (Å²) in [6, 6.07) is 13.3. The van der Waals surface area contributed by atoms with Crippen molar-refractivity contribution in [1.29, 1.82) is 0 Å². The van der Waals surface area contributed by atoms with Gasteiger partial charge in [-0.1, -0.05) is 47.5 Å². The lowest BCUT2D eigenvalue weighted by Gasteiger charge is -2.32. The second-order valence-corrected chi connectivity index (χ2v) is 7.63. The quantitative estimate of drug-likeness (QED) is 0.861. The Kier molecular flexibility index (Phi) is 6.17. The molecule has 0 aliphatic carbocycles. The molecule has 1 N–H and O–H groups in total. The Hall–Kier alpha value is -2.33. The minimum absolute atomic E-state index is 0.00700. The van der Waals surface area contributed by atoms with Crippen LogP contribution in [0.2, 0.25) is 5.02 Å². The van der Waals surface area contributed by atoms with Crippen molar-refractivity contribution >= 4 is 23.4 Å². The molecule has 142 valence electrons. The fourth-order valence-electron chi connectivity index (χ4n) is 3.50. The van der Waals surface area contributed by atoms with Gasteiger partial charge in [-0.25, -0.2) is 0 Å². The minimum Gasteiger partial charge on any atom is -0.352 e. The van der Waals surface area contributed by atoms with Gasteiger partial charge in [0, 0.05) is 19.6 Å². The molecule has 0 radical (unpaired) electrons. The summed E-state index contributed by atoms with van der Waals surface area (Å²) in [6.45, 7) is 5.70. The summed E-state index contributed by atoms with van der Waals surface area (Å²) >= 11 is 6.16. The Morgan fingerprint density at radius 2 is 1.96 bits per heavy atom. The van der Waals surface area contributed by atoms with Crippen LogP contribution < -0.4 is 5.32 Å². The van der Waals surface area contributed by atoms with Crippen molar-refractivity contribution in [3.63, 3.8) is 0 Å². The third-order valence-corrected chi connectivity index (χ3v) is 5.47. The maximum absolute atomic E-state index is 12.8. The van der Waals surface area contributed by atoms with E-state index in [0.717, 1.165) is 18.4 Å². The van der Waals surface area contributed by atoms with Gasteiger partial charge < -0.3 is 10.2 Å². The smallest absolute Gasteiger partial charge is 0.255 e. The number of halogens is 1. The van der Waals surface area contributed by atoms with Crippen molar-refractivity contribution < 1.29 is 9.59 Å². The Morgan fingerprint density at radius 3 is 2.74 bits per heavy atom. The van der Waals surface area contributed by atoms with Gasteiger partial charge in [0.2, 0.25) is 5.91 Å².